The van der Waals surface area contributed by atoms with E-state index in [-0.39, 0.29) is 0 Å². The van der Waals surface area contributed by atoms with Crippen LogP contribution in [0.25, 0.3) is 0 Å². The van der Waals surface area contributed by atoms with Crippen LogP contribution in [0, 0.1) is 0 Å². The molecule has 0 aliphatic rings. The molecule has 1 aromatic carbocycles. The molecule has 12 heavy (non-hydrogen) atoms. The van der Waals surface area contributed by atoms with Crippen molar-refractivity contribution in [3.8, 4) is 0 Å². The highest BCUT2D eigenvalue weighted by atomic mass is 32.2. The van der Waals surface area contributed by atoms with Gasteiger partial charge in [-0.1, -0.05) is 19.1 Å². The zero-order valence-corrected chi connectivity index (χ0v) is 8.40. The summed E-state index contributed by atoms with van der Waals surface area (Å²) in [4.78, 5) is 1.31. The monoisotopic (exact) mass is 181 g/mol. The van der Waals surface area contributed by atoms with Gasteiger partial charge in [-0.15, -0.1) is 11.8 Å². The van der Waals surface area contributed by atoms with Crippen LogP contribution in [0.15, 0.2) is 29.2 Å². The van der Waals surface area contributed by atoms with Gasteiger partial charge in [-0.3, -0.25) is 0 Å². The number of hydrogen-bond acceptors (Lipinski definition) is 2. The highest BCUT2D eigenvalue weighted by molar-refractivity contribution is 7.98. The summed E-state index contributed by atoms with van der Waals surface area (Å²) in [7, 11) is 0. The minimum atomic E-state index is 0.473. The van der Waals surface area contributed by atoms with E-state index in [2.05, 4.69) is 37.4 Å². The third-order valence-electron chi connectivity index (χ3n) is 2.04. The number of nitrogens with two attached hydrogens (primary N) is 1. The minimum absolute atomic E-state index is 0.473. The molecule has 2 heteroatoms. The summed E-state index contributed by atoms with van der Waals surface area (Å²) in [5.41, 5.74) is 6.90. The molecule has 0 aliphatic carbocycles. The van der Waals surface area contributed by atoms with Crippen molar-refractivity contribution in [2.75, 3.05) is 12.8 Å². The first kappa shape index (κ1) is 9.62. The first-order chi connectivity index (χ1) is 5.77. The Kier molecular flexibility index (Phi) is 3.63. The minimum Gasteiger partial charge on any atom is -0.330 e. The Balaban J connectivity index is 2.77. The zero-order valence-electron chi connectivity index (χ0n) is 7.58. The molecule has 1 aromatic rings. The molecule has 0 saturated heterocycles. The van der Waals surface area contributed by atoms with Gasteiger partial charge in [0.25, 0.3) is 0 Å². The van der Waals surface area contributed by atoms with Crippen molar-refractivity contribution in [2.45, 2.75) is 17.7 Å². The first-order valence-corrected chi connectivity index (χ1v) is 5.34. The zero-order chi connectivity index (χ0) is 8.97. The maximum Gasteiger partial charge on any atom is 0.00693 e. The summed E-state index contributed by atoms with van der Waals surface area (Å²) in [6.07, 6.45) is 2.08. The highest BCUT2D eigenvalue weighted by Gasteiger charge is 2.01. The molecule has 1 atom stereocenters. The fraction of sp³-hybridized carbons (Fsp3) is 0.400. The Morgan fingerprint density at radius 3 is 2.33 bits per heavy atom. The highest BCUT2D eigenvalue weighted by Crippen LogP contribution is 2.19. The smallest absolute Gasteiger partial charge is 0.00693 e. The van der Waals surface area contributed by atoms with Crippen LogP contribution in [0.5, 0.6) is 0 Å². The predicted molar refractivity (Wildman–Crippen MR) is 55.7 cm³/mol. The van der Waals surface area contributed by atoms with Gasteiger partial charge in [-0.25, -0.2) is 0 Å². The molecule has 1 rings (SSSR count). The third kappa shape index (κ3) is 2.26. The lowest BCUT2D eigenvalue weighted by atomic mass is 10.0. The van der Waals surface area contributed by atoms with Gasteiger partial charge >= 0.3 is 0 Å². The van der Waals surface area contributed by atoms with E-state index in [0.717, 1.165) is 6.54 Å². The van der Waals surface area contributed by atoms with Crippen LogP contribution < -0.4 is 5.73 Å². The number of hydrogen-bond donors (Lipinski definition) is 1. The van der Waals surface area contributed by atoms with Crippen molar-refractivity contribution in [2.24, 2.45) is 5.73 Å². The van der Waals surface area contributed by atoms with E-state index in [4.69, 9.17) is 5.73 Å². The van der Waals surface area contributed by atoms with Crippen LogP contribution in [0.3, 0.4) is 0 Å². The van der Waals surface area contributed by atoms with Crippen LogP contribution in [0.4, 0.5) is 0 Å². The summed E-state index contributed by atoms with van der Waals surface area (Å²) >= 11 is 1.77. The maximum absolute atomic E-state index is 5.57. The van der Waals surface area contributed by atoms with Gasteiger partial charge in [-0.05, 0) is 36.4 Å². The second kappa shape index (κ2) is 4.53. The Hall–Kier alpha value is -0.470. The molecule has 0 saturated carbocycles. The fourth-order valence-corrected chi connectivity index (χ4v) is 1.48. The molecule has 0 amide bonds. The number of rotatable bonds is 3. The second-order valence-corrected chi connectivity index (χ2v) is 3.79. The molecule has 0 aliphatic heterocycles. The van der Waals surface area contributed by atoms with E-state index in [1.165, 1.54) is 10.5 Å². The fourth-order valence-electron chi connectivity index (χ4n) is 1.07. The van der Waals surface area contributed by atoms with Crippen molar-refractivity contribution in [3.63, 3.8) is 0 Å². The van der Waals surface area contributed by atoms with Gasteiger partial charge in [0.05, 0.1) is 0 Å². The van der Waals surface area contributed by atoms with Gasteiger partial charge in [0.2, 0.25) is 0 Å². The van der Waals surface area contributed by atoms with Gasteiger partial charge in [0, 0.05) is 4.90 Å². The lowest BCUT2D eigenvalue weighted by Gasteiger charge is -2.08. The molecule has 0 spiro atoms. The van der Waals surface area contributed by atoms with E-state index in [9.17, 15) is 0 Å². The van der Waals surface area contributed by atoms with Crippen molar-refractivity contribution in [1.29, 1.82) is 0 Å². The van der Waals surface area contributed by atoms with Gasteiger partial charge in [0.1, 0.15) is 0 Å². The molecule has 0 fully saturated rings. The predicted octanol–water partition coefficient (Wildman–Crippen LogP) is 2.47. The molecule has 1 unspecified atom stereocenters. The molecule has 1 nitrogen and oxygen atoms in total. The summed E-state index contributed by atoms with van der Waals surface area (Å²) < 4.78 is 0. The Bertz CT molecular complexity index is 230. The number of thioether (sulfide) groups is 1. The summed E-state index contributed by atoms with van der Waals surface area (Å²) in [6, 6.07) is 8.60. The topological polar surface area (TPSA) is 26.0 Å². The molecule has 0 heterocycles. The maximum atomic E-state index is 5.57. The molecule has 0 bridgehead atoms. The van der Waals surface area contributed by atoms with E-state index >= 15 is 0 Å². The van der Waals surface area contributed by atoms with E-state index in [0.29, 0.717) is 5.92 Å². The van der Waals surface area contributed by atoms with Crippen molar-refractivity contribution >= 4 is 11.8 Å². The lowest BCUT2D eigenvalue weighted by Crippen LogP contribution is -2.08. The SMILES string of the molecule is CSc1ccc(C(C)CN)cc1. The third-order valence-corrected chi connectivity index (χ3v) is 2.78. The van der Waals surface area contributed by atoms with Gasteiger partial charge in [0.15, 0.2) is 0 Å². The standard InChI is InChI=1S/C10H15NS/c1-8(7-11)9-3-5-10(12-2)6-4-9/h3-6,8H,7,11H2,1-2H3. The molecule has 0 aromatic heterocycles. The van der Waals surface area contributed by atoms with Crippen LogP contribution in [-0.2, 0) is 0 Å². The molecular formula is C10H15NS. The first-order valence-electron chi connectivity index (χ1n) is 4.12. The van der Waals surface area contributed by atoms with Crippen molar-refractivity contribution in [3.05, 3.63) is 29.8 Å². The average molecular weight is 181 g/mol. The van der Waals surface area contributed by atoms with E-state index in [1.54, 1.807) is 11.8 Å². The van der Waals surface area contributed by atoms with Crippen LogP contribution in [-0.4, -0.2) is 12.8 Å². The van der Waals surface area contributed by atoms with Crippen molar-refractivity contribution in [1.82, 2.24) is 0 Å². The summed E-state index contributed by atoms with van der Waals surface area (Å²) in [5.74, 6) is 0.473. The van der Waals surface area contributed by atoms with Gasteiger partial charge < -0.3 is 5.73 Å². The molecule has 2 N–H and O–H groups in total. The largest absolute Gasteiger partial charge is 0.330 e. The molecular weight excluding hydrogens is 166 g/mol. The molecule has 66 valence electrons. The molecule has 0 radical (unpaired) electrons. The van der Waals surface area contributed by atoms with Crippen LogP contribution >= 0.6 is 11.8 Å². The van der Waals surface area contributed by atoms with Crippen molar-refractivity contribution < 1.29 is 0 Å². The van der Waals surface area contributed by atoms with Crippen LogP contribution in [0.1, 0.15) is 18.4 Å². The Labute approximate surface area is 78.4 Å². The Morgan fingerprint density at radius 1 is 1.33 bits per heavy atom. The van der Waals surface area contributed by atoms with E-state index in [1.807, 2.05) is 0 Å². The quantitative estimate of drug-likeness (QED) is 0.725. The summed E-state index contributed by atoms with van der Waals surface area (Å²) in [5, 5.41) is 0. The summed E-state index contributed by atoms with van der Waals surface area (Å²) in [6.45, 7) is 2.87. The number of benzene rings is 1. The normalized spacial score (nSPS) is 12.9. The second-order valence-electron chi connectivity index (χ2n) is 2.91. The lowest BCUT2D eigenvalue weighted by molar-refractivity contribution is 0.773. The average Bonchev–Trinajstić information content (AvgIpc) is 2.17. The van der Waals surface area contributed by atoms with Crippen LogP contribution in [0.2, 0.25) is 0 Å². The van der Waals surface area contributed by atoms with Gasteiger partial charge in [-0.2, -0.15) is 0 Å². The van der Waals surface area contributed by atoms with E-state index < -0.39 is 0 Å². The Morgan fingerprint density at radius 2 is 1.92 bits per heavy atom.